The number of H-pyrrole nitrogens is 1. The summed E-state index contributed by atoms with van der Waals surface area (Å²) >= 11 is 0. The zero-order chi connectivity index (χ0) is 22.3. The fourth-order valence-corrected chi connectivity index (χ4v) is 5.51. The summed E-state index contributed by atoms with van der Waals surface area (Å²) < 4.78 is 50.8. The van der Waals surface area contributed by atoms with E-state index < -0.39 is 48.0 Å². The number of aromatic amines is 1. The van der Waals surface area contributed by atoms with Crippen molar-refractivity contribution in [1.29, 1.82) is 0 Å². The van der Waals surface area contributed by atoms with Gasteiger partial charge in [-0.25, -0.2) is 9.29 Å². The Morgan fingerprint density at radius 1 is 1.09 bits per heavy atom. The number of nitrogen functional groups attached to an aromatic ring is 1. The average Bonchev–Trinajstić information content (AvgIpc) is 3.15. The number of nitrogens with zero attached hydrogens (tertiary/aromatic N) is 3. The van der Waals surface area contributed by atoms with Crippen LogP contribution in [0.5, 0.6) is 0 Å². The third-order valence-corrected chi connectivity index (χ3v) is 7.33. The fraction of sp³-hybridized carbons (Fsp3) is 0.500. The van der Waals surface area contributed by atoms with Gasteiger partial charge in [0.05, 0.1) is 26.9 Å². The molecule has 2 unspecified atom stereocenters. The summed E-state index contributed by atoms with van der Waals surface area (Å²) in [6.07, 6.45) is 0.248. The summed E-state index contributed by atoms with van der Waals surface area (Å²) in [5.74, 6) is -0.151. The Morgan fingerprint density at radius 3 is 2.29 bits per heavy atom. The Bertz CT molecular complexity index is 1160. The van der Waals surface area contributed by atoms with Crippen molar-refractivity contribution in [3.8, 4) is 0 Å². The summed E-state index contributed by atoms with van der Waals surface area (Å²) in [6, 6.07) is 0. The summed E-state index contributed by atoms with van der Waals surface area (Å²) in [5.41, 5.74) is 5.07. The van der Waals surface area contributed by atoms with E-state index >= 15 is 0 Å². The van der Waals surface area contributed by atoms with Crippen LogP contribution in [0.2, 0.25) is 0 Å². The van der Waals surface area contributed by atoms with Gasteiger partial charge in [-0.15, -0.1) is 0 Å². The van der Waals surface area contributed by atoms with Crippen molar-refractivity contribution in [3.05, 3.63) is 16.7 Å². The Morgan fingerprint density at radius 2 is 1.71 bits per heavy atom. The number of phosphoric ester groups is 1. The molecule has 4 atom stereocenters. The number of anilines is 1. The van der Waals surface area contributed by atoms with Crippen LogP contribution in [0.25, 0.3) is 11.2 Å². The number of rotatable bonds is 8. The van der Waals surface area contributed by atoms with Gasteiger partial charge < -0.3 is 39.1 Å². The summed E-state index contributed by atoms with van der Waals surface area (Å²) in [6.45, 7) is -0.702. The van der Waals surface area contributed by atoms with Crippen LogP contribution < -0.4 is 106 Å². The van der Waals surface area contributed by atoms with E-state index in [0.29, 0.717) is 6.42 Å². The summed E-state index contributed by atoms with van der Waals surface area (Å²) in [4.78, 5) is 65.2. The summed E-state index contributed by atoms with van der Waals surface area (Å²) in [5, 5.41) is 0. The standard InChI is InChI=1S/C10H16N5O12P3.4Li/c11-10-13-8-7(9(16)14-10)12-4-15(8)6-2-1-5(25-6)3-24-29(20,21)27-30(22,23)26-28(17,18)19;;;;/h4-6H,1-3H2,(H,20,21)(H,22,23)(H2,17,18,19)(H3,11,13,14,16);;;;/q;4*+1/p-4/t5-,6+;;;;/m0..../s1. The quantitative estimate of drug-likeness (QED) is 0.244. The minimum atomic E-state index is -6.07. The smallest absolute Gasteiger partial charge is 0.790 e. The number of nitrogens with one attached hydrogen (secondary N) is 1. The molecule has 1 aliphatic heterocycles. The Hall–Kier alpha value is 0.910. The molecule has 0 aliphatic carbocycles. The second-order valence-corrected chi connectivity index (χ2v) is 10.1. The molecule has 3 rings (SSSR count). The molecular formula is C10H12Li4N5O12P3. The van der Waals surface area contributed by atoms with Crippen molar-refractivity contribution in [2.75, 3.05) is 12.3 Å². The zero-order valence-corrected chi connectivity index (χ0v) is 21.2. The molecule has 0 radical (unpaired) electrons. The Balaban J connectivity index is 0. The van der Waals surface area contributed by atoms with E-state index in [2.05, 4.69) is 28.1 Å². The third-order valence-electron chi connectivity index (χ3n) is 3.66. The van der Waals surface area contributed by atoms with Crippen LogP contribution in [0.4, 0.5) is 5.95 Å². The van der Waals surface area contributed by atoms with Gasteiger partial charge in [0.25, 0.3) is 21.2 Å². The number of phosphoric acid groups is 3. The summed E-state index contributed by atoms with van der Waals surface area (Å²) in [7, 11) is -17.7. The number of fused-ring (bicyclic) bond motifs is 1. The average molecular weight is 515 g/mol. The largest absolute Gasteiger partial charge is 1.00 e. The van der Waals surface area contributed by atoms with Gasteiger partial charge in [0.2, 0.25) is 5.95 Å². The topological polar surface area (TPSA) is 270 Å². The second-order valence-electron chi connectivity index (χ2n) is 5.87. The van der Waals surface area contributed by atoms with Crippen LogP contribution in [0.1, 0.15) is 19.1 Å². The molecule has 168 valence electrons. The van der Waals surface area contributed by atoms with Gasteiger partial charge in [-0.3, -0.25) is 27.8 Å². The van der Waals surface area contributed by atoms with Crippen LogP contribution in [-0.4, -0.2) is 32.2 Å². The molecule has 0 aromatic carbocycles. The number of aromatic nitrogens is 4. The van der Waals surface area contributed by atoms with E-state index in [0.717, 1.165) is 0 Å². The first-order chi connectivity index (χ1) is 13.7. The molecule has 0 spiro atoms. The van der Waals surface area contributed by atoms with Gasteiger partial charge >= 0.3 is 75.4 Å². The van der Waals surface area contributed by atoms with E-state index in [4.69, 9.17) is 10.5 Å². The predicted octanol–water partition coefficient (Wildman–Crippen LogP) is -14.8. The van der Waals surface area contributed by atoms with Gasteiger partial charge in [0.1, 0.15) is 6.23 Å². The minimum absolute atomic E-state index is 0. The van der Waals surface area contributed by atoms with Crippen molar-refractivity contribution >= 4 is 40.6 Å². The van der Waals surface area contributed by atoms with Gasteiger partial charge in [-0.2, -0.15) is 4.98 Å². The number of nitrogens with two attached hydrogens (primary N) is 1. The molecule has 1 aliphatic rings. The van der Waals surface area contributed by atoms with E-state index in [1.807, 2.05) is 0 Å². The molecule has 0 bridgehead atoms. The normalized spacial score (nSPS) is 21.2. The monoisotopic (exact) mass is 515 g/mol. The molecule has 1 saturated heterocycles. The molecule has 24 heteroatoms. The maximum atomic E-state index is 11.8. The van der Waals surface area contributed by atoms with Crippen LogP contribution in [0.15, 0.2) is 11.1 Å². The Labute approximate surface area is 239 Å². The number of hydrogen-bond acceptors (Lipinski definition) is 15. The number of imidazole rings is 1. The Kier molecular flexibility index (Phi) is 15.4. The first-order valence-corrected chi connectivity index (χ1v) is 12.2. The van der Waals surface area contributed by atoms with Gasteiger partial charge in [-0.05, 0) is 12.8 Å². The molecule has 2 aromatic heterocycles. The fourth-order valence-electron chi connectivity index (χ4n) is 2.63. The van der Waals surface area contributed by atoms with E-state index in [9.17, 15) is 38.1 Å². The number of hydrogen-bond donors (Lipinski definition) is 2. The van der Waals surface area contributed by atoms with Crippen LogP contribution in [0.3, 0.4) is 0 Å². The molecule has 1 fully saturated rings. The van der Waals surface area contributed by atoms with Crippen molar-refractivity contribution < 1.29 is 127 Å². The SMILES string of the molecule is Nc1nc2c(ncn2[C@H]2CC[C@@H](COP(=O)([O-])OP(=O)([O-])OP(=O)([O-])[O-])O2)c(=O)[nH]1.[Li+].[Li+].[Li+].[Li+]. The van der Waals surface area contributed by atoms with E-state index in [1.165, 1.54) is 10.9 Å². The second kappa shape index (κ2) is 14.2. The molecule has 3 heterocycles. The maximum Gasteiger partial charge on any atom is 1.00 e. The molecule has 2 aromatic rings. The van der Waals surface area contributed by atoms with Crippen LogP contribution in [0, 0.1) is 0 Å². The van der Waals surface area contributed by atoms with E-state index in [-0.39, 0.29) is 99.0 Å². The molecular weight excluding hydrogens is 503 g/mol. The molecule has 3 N–H and O–H groups in total. The number of ether oxygens (including phenoxy) is 1. The third kappa shape index (κ3) is 10.3. The van der Waals surface area contributed by atoms with Gasteiger partial charge in [0.15, 0.2) is 11.2 Å². The molecule has 34 heavy (non-hydrogen) atoms. The maximum absolute atomic E-state index is 11.8. The van der Waals surface area contributed by atoms with Crippen LogP contribution >= 0.6 is 23.5 Å². The van der Waals surface area contributed by atoms with Gasteiger partial charge in [0, 0.05) is 0 Å². The van der Waals surface area contributed by atoms with Gasteiger partial charge in [-0.1, -0.05) is 0 Å². The van der Waals surface area contributed by atoms with Crippen LogP contribution in [-0.2, 0) is 31.6 Å². The zero-order valence-electron chi connectivity index (χ0n) is 18.5. The molecule has 17 nitrogen and oxygen atoms in total. The molecule has 0 saturated carbocycles. The molecule has 0 amide bonds. The van der Waals surface area contributed by atoms with Crippen molar-refractivity contribution in [2.24, 2.45) is 0 Å². The van der Waals surface area contributed by atoms with Crippen molar-refractivity contribution in [3.63, 3.8) is 0 Å². The van der Waals surface area contributed by atoms with Crippen molar-refractivity contribution in [2.45, 2.75) is 25.2 Å². The predicted molar refractivity (Wildman–Crippen MR) is 86.6 cm³/mol. The first kappa shape index (κ1) is 37.1. The minimum Gasteiger partial charge on any atom is -0.790 e. The van der Waals surface area contributed by atoms with Crippen molar-refractivity contribution in [1.82, 2.24) is 19.5 Å². The van der Waals surface area contributed by atoms with E-state index in [1.54, 1.807) is 0 Å². The first-order valence-electron chi connectivity index (χ1n) is 7.84.